The number of hydrogen-bond donors (Lipinski definition) is 1. The molecule has 0 unspecified atom stereocenters. The minimum Gasteiger partial charge on any atom is -0.496 e. The van der Waals surface area contributed by atoms with Crippen LogP contribution in [0.4, 0.5) is 0 Å². The second kappa shape index (κ2) is 10.8. The number of carboxylic acids is 1. The van der Waals surface area contributed by atoms with E-state index in [1.165, 1.54) is 16.2 Å². The van der Waals surface area contributed by atoms with Crippen LogP contribution in [-0.2, 0) is 16.6 Å². The number of amides is 1. The Hall–Kier alpha value is -4.11. The molecule has 3 heterocycles. The molecular formula is C31H32N4O4S. The number of hydrogen-bond acceptors (Lipinski definition) is 7. The molecular weight excluding hydrogens is 524 g/mol. The first-order valence-electron chi connectivity index (χ1n) is 13.1. The van der Waals surface area contributed by atoms with E-state index in [1.807, 2.05) is 41.8 Å². The Kier molecular flexibility index (Phi) is 7.42. The van der Waals surface area contributed by atoms with Crippen LogP contribution in [0.15, 0.2) is 78.7 Å². The Labute approximate surface area is 237 Å². The number of ether oxygens (including phenoxy) is 1. The van der Waals surface area contributed by atoms with Gasteiger partial charge in [-0.2, -0.15) is 0 Å². The summed E-state index contributed by atoms with van der Waals surface area (Å²) >= 11 is 1.40. The van der Waals surface area contributed by atoms with Gasteiger partial charge in [-0.3, -0.25) is 14.8 Å². The zero-order valence-electron chi connectivity index (χ0n) is 22.9. The Bertz CT molecular complexity index is 1490. The van der Waals surface area contributed by atoms with Gasteiger partial charge in [0.1, 0.15) is 16.3 Å². The molecule has 4 aromatic rings. The quantitative estimate of drug-likeness (QED) is 0.312. The molecule has 0 radical (unpaired) electrons. The van der Waals surface area contributed by atoms with E-state index < -0.39 is 29.4 Å². The average molecular weight is 557 g/mol. The van der Waals surface area contributed by atoms with Crippen molar-refractivity contribution in [2.75, 3.05) is 7.11 Å². The number of benzene rings is 2. The third-order valence-electron chi connectivity index (χ3n) is 7.56. The van der Waals surface area contributed by atoms with Crippen molar-refractivity contribution in [2.45, 2.75) is 56.5 Å². The molecule has 1 saturated heterocycles. The highest BCUT2D eigenvalue weighted by Crippen LogP contribution is 2.53. The number of likely N-dealkylation sites (tertiary alicyclic amines) is 1. The number of thiazole rings is 1. The number of aliphatic carboxylic acids is 1. The van der Waals surface area contributed by atoms with Crippen molar-refractivity contribution in [3.8, 4) is 5.75 Å². The first kappa shape index (κ1) is 27.5. The van der Waals surface area contributed by atoms with Crippen LogP contribution in [0, 0.1) is 0 Å². The summed E-state index contributed by atoms with van der Waals surface area (Å²) in [6, 6.07) is 14.1. The van der Waals surface area contributed by atoms with Gasteiger partial charge < -0.3 is 14.7 Å². The van der Waals surface area contributed by atoms with Crippen molar-refractivity contribution < 1.29 is 19.4 Å². The third-order valence-corrected chi connectivity index (χ3v) is 8.40. The van der Waals surface area contributed by atoms with E-state index in [4.69, 9.17) is 4.74 Å². The molecule has 3 atom stereocenters. The Morgan fingerprint density at radius 2 is 1.88 bits per heavy atom. The lowest BCUT2D eigenvalue weighted by atomic mass is 9.84. The second-order valence-corrected chi connectivity index (χ2v) is 12.0. The summed E-state index contributed by atoms with van der Waals surface area (Å²) in [5.74, 6) is -1.32. The fourth-order valence-corrected chi connectivity index (χ4v) is 6.50. The minimum absolute atomic E-state index is 0.130. The van der Waals surface area contributed by atoms with E-state index in [9.17, 15) is 14.7 Å². The van der Waals surface area contributed by atoms with E-state index in [1.54, 1.807) is 44.0 Å². The van der Waals surface area contributed by atoms with Crippen LogP contribution in [0.25, 0.3) is 0 Å². The van der Waals surface area contributed by atoms with E-state index in [2.05, 4.69) is 35.7 Å². The van der Waals surface area contributed by atoms with Crippen LogP contribution in [-0.4, -0.2) is 49.5 Å². The van der Waals surface area contributed by atoms with Gasteiger partial charge in [0, 0.05) is 48.1 Å². The molecule has 206 valence electrons. The molecule has 1 aliphatic rings. The normalized spacial score (nSPS) is 20.9. The van der Waals surface area contributed by atoms with Crippen LogP contribution in [0.5, 0.6) is 5.75 Å². The van der Waals surface area contributed by atoms with E-state index in [0.717, 1.165) is 11.1 Å². The second-order valence-electron chi connectivity index (χ2n) is 11.1. The number of carboxylic acid groups (broad SMARTS) is 1. The summed E-state index contributed by atoms with van der Waals surface area (Å²) < 4.78 is 5.69. The number of rotatable bonds is 7. The van der Waals surface area contributed by atoms with Crippen molar-refractivity contribution in [3.63, 3.8) is 0 Å². The minimum atomic E-state index is -1.56. The number of carbonyl (C=O) groups is 2. The first-order valence-corrected chi connectivity index (χ1v) is 14.0. The van der Waals surface area contributed by atoms with Crippen molar-refractivity contribution in [1.82, 2.24) is 19.9 Å². The SMILES string of the molecule is COc1cc(C(=O)N2[C@@H](c3nccs3)[C@@H](c3cnccn3)C[C@]2(Cc2ccccc2)C(=O)O)ccc1C(C)(C)C. The lowest BCUT2D eigenvalue weighted by molar-refractivity contribution is -0.149. The summed E-state index contributed by atoms with van der Waals surface area (Å²) in [6.45, 7) is 6.23. The van der Waals surface area contributed by atoms with Crippen LogP contribution in [0.1, 0.15) is 71.3 Å². The van der Waals surface area contributed by atoms with Crippen LogP contribution in [0.3, 0.4) is 0 Å². The third kappa shape index (κ3) is 4.97. The highest BCUT2D eigenvalue weighted by Gasteiger charge is 2.60. The molecule has 1 fully saturated rings. The summed E-state index contributed by atoms with van der Waals surface area (Å²) in [6.07, 6.45) is 6.78. The molecule has 0 saturated carbocycles. The fourth-order valence-electron chi connectivity index (χ4n) is 5.71. The molecule has 1 aliphatic heterocycles. The van der Waals surface area contributed by atoms with Gasteiger partial charge in [0.05, 0.1) is 18.8 Å². The van der Waals surface area contributed by atoms with Crippen LogP contribution < -0.4 is 4.74 Å². The van der Waals surface area contributed by atoms with Crippen molar-refractivity contribution in [2.24, 2.45) is 0 Å². The molecule has 1 amide bonds. The Balaban J connectivity index is 1.72. The largest absolute Gasteiger partial charge is 0.496 e. The van der Waals surface area contributed by atoms with Gasteiger partial charge in [0.2, 0.25) is 0 Å². The summed E-state index contributed by atoms with van der Waals surface area (Å²) in [7, 11) is 1.58. The molecule has 1 N–H and O–H groups in total. The first-order chi connectivity index (χ1) is 19.2. The van der Waals surface area contributed by atoms with Crippen LogP contribution in [0.2, 0.25) is 0 Å². The monoisotopic (exact) mass is 556 g/mol. The van der Waals surface area contributed by atoms with Gasteiger partial charge in [-0.25, -0.2) is 9.78 Å². The molecule has 40 heavy (non-hydrogen) atoms. The standard InChI is InChI=1S/C31H32N4O4S/c1-30(2,3)23-11-10-21(16-25(23)39-4)28(36)35-26(27-34-14-15-40-27)22(24-19-32-12-13-33-24)18-31(35,29(37)38)17-20-8-6-5-7-9-20/h5-16,19,22,26H,17-18H2,1-4H3,(H,37,38)/t22-,26-,31-/m1/s1. The highest BCUT2D eigenvalue weighted by molar-refractivity contribution is 7.09. The number of nitrogens with zero attached hydrogens (tertiary/aromatic N) is 4. The molecule has 0 aliphatic carbocycles. The molecule has 8 nitrogen and oxygen atoms in total. The molecule has 0 spiro atoms. The lowest BCUT2D eigenvalue weighted by Crippen LogP contribution is -2.55. The van der Waals surface area contributed by atoms with Gasteiger partial charge in [-0.15, -0.1) is 11.3 Å². The maximum absolute atomic E-state index is 14.6. The number of aromatic nitrogens is 3. The maximum Gasteiger partial charge on any atom is 0.330 e. The summed E-state index contributed by atoms with van der Waals surface area (Å²) in [4.78, 5) is 42.9. The van der Waals surface area contributed by atoms with Crippen LogP contribution >= 0.6 is 11.3 Å². The average Bonchev–Trinajstić information content (AvgIpc) is 3.60. The molecule has 0 bridgehead atoms. The van der Waals surface area contributed by atoms with Crippen molar-refractivity contribution in [3.05, 3.63) is 106 Å². The molecule has 5 rings (SSSR count). The van der Waals surface area contributed by atoms with E-state index in [0.29, 0.717) is 22.0 Å². The van der Waals surface area contributed by atoms with Crippen molar-refractivity contribution in [1.29, 1.82) is 0 Å². The summed E-state index contributed by atoms with van der Waals surface area (Å²) in [5.41, 5.74) is 0.977. The zero-order chi connectivity index (χ0) is 28.5. The number of methoxy groups -OCH3 is 1. The van der Waals surface area contributed by atoms with Gasteiger partial charge in [0.15, 0.2) is 0 Å². The smallest absolute Gasteiger partial charge is 0.330 e. The topological polar surface area (TPSA) is 106 Å². The highest BCUT2D eigenvalue weighted by atomic mass is 32.1. The maximum atomic E-state index is 14.6. The zero-order valence-corrected chi connectivity index (χ0v) is 23.8. The van der Waals surface area contributed by atoms with Gasteiger partial charge in [-0.05, 0) is 35.1 Å². The number of carbonyl (C=O) groups excluding carboxylic acids is 1. The Morgan fingerprint density at radius 3 is 2.48 bits per heavy atom. The molecule has 2 aromatic heterocycles. The lowest BCUT2D eigenvalue weighted by Gasteiger charge is -2.38. The van der Waals surface area contributed by atoms with E-state index >= 15 is 0 Å². The fraction of sp³-hybridized carbons (Fsp3) is 0.323. The summed E-state index contributed by atoms with van der Waals surface area (Å²) in [5, 5.41) is 13.4. The Morgan fingerprint density at radius 1 is 1.10 bits per heavy atom. The van der Waals surface area contributed by atoms with Gasteiger partial charge in [0.25, 0.3) is 5.91 Å². The molecule has 2 aromatic carbocycles. The van der Waals surface area contributed by atoms with Crippen molar-refractivity contribution >= 4 is 23.2 Å². The van der Waals surface area contributed by atoms with Gasteiger partial charge in [-0.1, -0.05) is 57.2 Å². The predicted molar refractivity (Wildman–Crippen MR) is 153 cm³/mol. The van der Waals surface area contributed by atoms with E-state index in [-0.39, 0.29) is 18.3 Å². The van der Waals surface area contributed by atoms with Gasteiger partial charge >= 0.3 is 5.97 Å². The molecule has 9 heteroatoms. The predicted octanol–water partition coefficient (Wildman–Crippen LogP) is 5.68.